The fourth-order valence-electron chi connectivity index (χ4n) is 1.75. The Hall–Kier alpha value is -0.350. The van der Waals surface area contributed by atoms with Crippen LogP contribution in [0, 0.1) is 0 Å². The van der Waals surface area contributed by atoms with Crippen molar-refractivity contribution >= 4 is 17.3 Å². The van der Waals surface area contributed by atoms with Gasteiger partial charge in [0.2, 0.25) is 0 Å². The standard InChI is InChI=1S/C10H21N3S/c1-3-5-12-6-8-13(9-7-12)10(14)11-4-2/h3-9H2,1-2H3,(H,11,14). The zero-order valence-corrected chi connectivity index (χ0v) is 10.1. The van der Waals surface area contributed by atoms with Gasteiger partial charge in [-0.25, -0.2) is 0 Å². The molecule has 4 heteroatoms. The molecule has 0 aromatic heterocycles. The van der Waals surface area contributed by atoms with E-state index in [0.29, 0.717) is 0 Å². The summed E-state index contributed by atoms with van der Waals surface area (Å²) in [5, 5.41) is 4.12. The summed E-state index contributed by atoms with van der Waals surface area (Å²) in [5.41, 5.74) is 0. The van der Waals surface area contributed by atoms with Crippen molar-refractivity contribution in [3.8, 4) is 0 Å². The van der Waals surface area contributed by atoms with Crippen LogP contribution in [0.15, 0.2) is 0 Å². The molecular formula is C10H21N3S. The molecule has 1 aliphatic rings. The Labute approximate surface area is 92.4 Å². The Morgan fingerprint density at radius 1 is 1.21 bits per heavy atom. The molecule has 14 heavy (non-hydrogen) atoms. The monoisotopic (exact) mass is 215 g/mol. The molecule has 1 heterocycles. The van der Waals surface area contributed by atoms with Crippen molar-refractivity contribution in [1.82, 2.24) is 15.1 Å². The van der Waals surface area contributed by atoms with Gasteiger partial charge < -0.3 is 10.2 Å². The Morgan fingerprint density at radius 3 is 2.36 bits per heavy atom. The molecule has 1 saturated heterocycles. The minimum absolute atomic E-state index is 0.920. The van der Waals surface area contributed by atoms with E-state index in [0.717, 1.165) is 37.8 Å². The highest BCUT2D eigenvalue weighted by atomic mass is 32.1. The Balaban J connectivity index is 2.24. The Bertz CT molecular complexity index is 176. The van der Waals surface area contributed by atoms with Crippen LogP contribution < -0.4 is 5.32 Å². The van der Waals surface area contributed by atoms with E-state index in [4.69, 9.17) is 12.2 Å². The molecule has 1 rings (SSSR count). The molecule has 0 aromatic rings. The number of hydrogen-bond acceptors (Lipinski definition) is 2. The van der Waals surface area contributed by atoms with Gasteiger partial charge in [-0.15, -0.1) is 0 Å². The lowest BCUT2D eigenvalue weighted by Gasteiger charge is -2.35. The van der Waals surface area contributed by atoms with E-state index < -0.39 is 0 Å². The number of nitrogens with zero attached hydrogens (tertiary/aromatic N) is 2. The third-order valence-electron chi connectivity index (χ3n) is 2.53. The molecule has 0 spiro atoms. The van der Waals surface area contributed by atoms with Crippen LogP contribution in [0.4, 0.5) is 0 Å². The minimum Gasteiger partial charge on any atom is -0.363 e. The zero-order chi connectivity index (χ0) is 10.4. The van der Waals surface area contributed by atoms with Crippen LogP contribution >= 0.6 is 12.2 Å². The quantitative estimate of drug-likeness (QED) is 0.705. The summed E-state index contributed by atoms with van der Waals surface area (Å²) in [4.78, 5) is 4.77. The van der Waals surface area contributed by atoms with Crippen LogP contribution in [0.1, 0.15) is 20.3 Å². The van der Waals surface area contributed by atoms with Gasteiger partial charge in [-0.3, -0.25) is 4.90 Å². The Morgan fingerprint density at radius 2 is 1.86 bits per heavy atom. The van der Waals surface area contributed by atoms with Crippen molar-refractivity contribution in [3.05, 3.63) is 0 Å². The first-order valence-electron chi connectivity index (χ1n) is 5.53. The van der Waals surface area contributed by atoms with Gasteiger partial charge in [0.25, 0.3) is 0 Å². The van der Waals surface area contributed by atoms with Crippen molar-refractivity contribution in [2.75, 3.05) is 39.3 Å². The van der Waals surface area contributed by atoms with Crippen molar-refractivity contribution in [1.29, 1.82) is 0 Å². The van der Waals surface area contributed by atoms with Gasteiger partial charge in [0, 0.05) is 32.7 Å². The van der Waals surface area contributed by atoms with E-state index in [9.17, 15) is 0 Å². The first-order valence-corrected chi connectivity index (χ1v) is 5.93. The highest BCUT2D eigenvalue weighted by Gasteiger charge is 2.17. The smallest absolute Gasteiger partial charge is 0.169 e. The van der Waals surface area contributed by atoms with Crippen LogP contribution in [0.3, 0.4) is 0 Å². The van der Waals surface area contributed by atoms with Crippen molar-refractivity contribution in [3.63, 3.8) is 0 Å². The SMILES string of the molecule is CCCN1CCN(C(=S)NCC)CC1. The summed E-state index contributed by atoms with van der Waals surface area (Å²) >= 11 is 5.27. The lowest BCUT2D eigenvalue weighted by molar-refractivity contribution is 0.181. The van der Waals surface area contributed by atoms with Gasteiger partial charge in [-0.1, -0.05) is 6.92 Å². The predicted molar refractivity (Wildman–Crippen MR) is 64.6 cm³/mol. The fourth-order valence-corrected chi connectivity index (χ4v) is 2.08. The van der Waals surface area contributed by atoms with Crippen LogP contribution in [0.25, 0.3) is 0 Å². The average molecular weight is 215 g/mol. The van der Waals surface area contributed by atoms with Gasteiger partial charge in [-0.05, 0) is 32.1 Å². The largest absolute Gasteiger partial charge is 0.363 e. The van der Waals surface area contributed by atoms with Gasteiger partial charge in [-0.2, -0.15) is 0 Å². The second-order valence-corrected chi connectivity index (χ2v) is 4.05. The summed E-state index contributed by atoms with van der Waals surface area (Å²) in [5.74, 6) is 0. The molecule has 0 unspecified atom stereocenters. The lowest BCUT2D eigenvalue weighted by atomic mass is 10.3. The molecule has 0 aliphatic carbocycles. The maximum atomic E-state index is 5.27. The molecule has 1 N–H and O–H groups in total. The first-order chi connectivity index (χ1) is 6.77. The summed E-state index contributed by atoms with van der Waals surface area (Å²) in [6, 6.07) is 0. The topological polar surface area (TPSA) is 18.5 Å². The second-order valence-electron chi connectivity index (χ2n) is 3.66. The van der Waals surface area contributed by atoms with Crippen molar-refractivity contribution in [2.24, 2.45) is 0 Å². The van der Waals surface area contributed by atoms with Gasteiger partial charge in [0.05, 0.1) is 0 Å². The van der Waals surface area contributed by atoms with Crippen LogP contribution in [-0.2, 0) is 0 Å². The van der Waals surface area contributed by atoms with E-state index >= 15 is 0 Å². The molecule has 82 valence electrons. The maximum Gasteiger partial charge on any atom is 0.169 e. The van der Waals surface area contributed by atoms with E-state index in [1.807, 2.05) is 0 Å². The highest BCUT2D eigenvalue weighted by Crippen LogP contribution is 2.02. The summed E-state index contributed by atoms with van der Waals surface area (Å²) < 4.78 is 0. The Kier molecular flexibility index (Phi) is 5.19. The number of nitrogens with one attached hydrogen (secondary N) is 1. The van der Waals surface area contributed by atoms with Crippen LogP contribution in [0.5, 0.6) is 0 Å². The molecule has 1 fully saturated rings. The van der Waals surface area contributed by atoms with Gasteiger partial charge >= 0.3 is 0 Å². The number of hydrogen-bond donors (Lipinski definition) is 1. The average Bonchev–Trinajstić information content (AvgIpc) is 2.20. The van der Waals surface area contributed by atoms with Crippen molar-refractivity contribution in [2.45, 2.75) is 20.3 Å². The molecule has 0 amide bonds. The summed E-state index contributed by atoms with van der Waals surface area (Å²) in [7, 11) is 0. The molecule has 0 bridgehead atoms. The summed E-state index contributed by atoms with van der Waals surface area (Å²) in [6.45, 7) is 10.9. The van der Waals surface area contributed by atoms with E-state index in [2.05, 4.69) is 29.0 Å². The minimum atomic E-state index is 0.920. The van der Waals surface area contributed by atoms with E-state index in [-0.39, 0.29) is 0 Å². The maximum absolute atomic E-state index is 5.27. The molecular weight excluding hydrogens is 194 g/mol. The molecule has 0 saturated carbocycles. The number of thiocarbonyl (C=S) groups is 1. The number of rotatable bonds is 3. The normalized spacial score (nSPS) is 18.3. The van der Waals surface area contributed by atoms with Crippen LogP contribution in [-0.4, -0.2) is 54.2 Å². The van der Waals surface area contributed by atoms with Gasteiger partial charge in [0.1, 0.15) is 0 Å². The summed E-state index contributed by atoms with van der Waals surface area (Å²) in [6.07, 6.45) is 1.25. The van der Waals surface area contributed by atoms with E-state index in [1.54, 1.807) is 0 Å². The molecule has 0 radical (unpaired) electrons. The van der Waals surface area contributed by atoms with Gasteiger partial charge in [0.15, 0.2) is 5.11 Å². The second kappa shape index (κ2) is 6.19. The fraction of sp³-hybridized carbons (Fsp3) is 0.900. The zero-order valence-electron chi connectivity index (χ0n) is 9.25. The molecule has 0 aromatic carbocycles. The highest BCUT2D eigenvalue weighted by molar-refractivity contribution is 7.80. The number of piperazine rings is 1. The van der Waals surface area contributed by atoms with Crippen LogP contribution in [0.2, 0.25) is 0 Å². The first kappa shape index (κ1) is 11.7. The third kappa shape index (κ3) is 3.42. The molecule has 1 aliphatic heterocycles. The molecule has 0 atom stereocenters. The predicted octanol–water partition coefficient (Wildman–Crippen LogP) is 0.908. The lowest BCUT2D eigenvalue weighted by Crippen LogP contribution is -2.51. The molecule has 3 nitrogen and oxygen atoms in total. The van der Waals surface area contributed by atoms with E-state index in [1.165, 1.54) is 13.0 Å². The third-order valence-corrected chi connectivity index (χ3v) is 2.93. The van der Waals surface area contributed by atoms with Crippen molar-refractivity contribution < 1.29 is 0 Å².